The Hall–Kier alpha value is -3.00. The van der Waals surface area contributed by atoms with Crippen LogP contribution in [0.25, 0.3) is 5.82 Å². The topological polar surface area (TPSA) is 70.3 Å². The monoisotopic (exact) mass is 408 g/mol. The molecule has 0 atom stereocenters. The van der Waals surface area contributed by atoms with E-state index in [1.165, 1.54) is 5.56 Å². The Morgan fingerprint density at radius 3 is 2.60 bits per heavy atom. The molecule has 1 fully saturated rings. The molecule has 2 aliphatic rings. The highest BCUT2D eigenvalue weighted by Crippen LogP contribution is 2.33. The Morgan fingerprint density at radius 2 is 1.83 bits per heavy atom. The second-order valence-electron chi connectivity index (χ2n) is 7.95. The Morgan fingerprint density at radius 1 is 1.03 bits per heavy atom. The van der Waals surface area contributed by atoms with Gasteiger partial charge in [0.2, 0.25) is 0 Å². The standard InChI is InChI=1S/C22H25FN6O/c23-18-2-1-17-5-11-28(20(17)13-18)19-6-9-27(10-7-19)21-3-4-22(26-25-21)29-15-16(8-12-30)14-24-29/h1-4,13-15,19,30H,5-12H2. The van der Waals surface area contributed by atoms with E-state index in [0.717, 1.165) is 56.0 Å². The van der Waals surface area contributed by atoms with Crippen LogP contribution in [-0.4, -0.2) is 57.4 Å². The summed E-state index contributed by atoms with van der Waals surface area (Å²) in [7, 11) is 0. The van der Waals surface area contributed by atoms with Gasteiger partial charge in [-0.2, -0.15) is 5.10 Å². The summed E-state index contributed by atoms with van der Waals surface area (Å²) in [5.41, 5.74) is 3.28. The maximum absolute atomic E-state index is 13.7. The minimum atomic E-state index is -0.158. The van der Waals surface area contributed by atoms with Gasteiger partial charge in [-0.05, 0) is 61.1 Å². The fourth-order valence-electron chi connectivity index (χ4n) is 4.52. The molecule has 0 radical (unpaired) electrons. The molecule has 30 heavy (non-hydrogen) atoms. The van der Waals surface area contributed by atoms with E-state index >= 15 is 0 Å². The summed E-state index contributed by atoms with van der Waals surface area (Å²) in [6.07, 6.45) is 7.21. The molecule has 0 aliphatic carbocycles. The number of aliphatic hydroxyl groups is 1. The molecule has 0 bridgehead atoms. The van der Waals surface area contributed by atoms with Gasteiger partial charge in [-0.1, -0.05) is 6.07 Å². The quantitative estimate of drug-likeness (QED) is 0.699. The van der Waals surface area contributed by atoms with Crippen molar-refractivity contribution in [3.8, 4) is 5.82 Å². The van der Waals surface area contributed by atoms with Gasteiger partial charge in [0, 0.05) is 44.2 Å². The van der Waals surface area contributed by atoms with Crippen LogP contribution in [0, 0.1) is 5.82 Å². The van der Waals surface area contributed by atoms with Crippen LogP contribution in [0.3, 0.4) is 0 Å². The summed E-state index contributed by atoms with van der Waals surface area (Å²) in [6.45, 7) is 2.88. The molecule has 7 nitrogen and oxygen atoms in total. The van der Waals surface area contributed by atoms with Crippen molar-refractivity contribution in [1.29, 1.82) is 0 Å². The van der Waals surface area contributed by atoms with Gasteiger partial charge >= 0.3 is 0 Å². The average Bonchev–Trinajstić information content (AvgIpc) is 3.41. The normalized spacial score (nSPS) is 16.9. The lowest BCUT2D eigenvalue weighted by molar-refractivity contribution is 0.299. The van der Waals surface area contributed by atoms with Crippen molar-refractivity contribution in [2.75, 3.05) is 36.0 Å². The Labute approximate surface area is 174 Å². The first-order chi connectivity index (χ1) is 14.7. The third kappa shape index (κ3) is 3.63. The molecular weight excluding hydrogens is 383 g/mol. The van der Waals surface area contributed by atoms with Crippen LogP contribution in [0.2, 0.25) is 0 Å². The van der Waals surface area contributed by atoms with E-state index in [4.69, 9.17) is 5.11 Å². The maximum Gasteiger partial charge on any atom is 0.175 e. The number of rotatable bonds is 5. The van der Waals surface area contributed by atoms with E-state index in [2.05, 4.69) is 25.1 Å². The molecule has 0 spiro atoms. The zero-order chi connectivity index (χ0) is 20.5. The van der Waals surface area contributed by atoms with Gasteiger partial charge in [-0.3, -0.25) is 0 Å². The highest BCUT2D eigenvalue weighted by molar-refractivity contribution is 5.59. The zero-order valence-electron chi connectivity index (χ0n) is 16.8. The van der Waals surface area contributed by atoms with Crippen LogP contribution in [0.1, 0.15) is 24.0 Å². The van der Waals surface area contributed by atoms with Crippen LogP contribution in [0.15, 0.2) is 42.7 Å². The summed E-state index contributed by atoms with van der Waals surface area (Å²) >= 11 is 0. The predicted molar refractivity (Wildman–Crippen MR) is 113 cm³/mol. The predicted octanol–water partition coefficient (Wildman–Crippen LogP) is 2.37. The lowest BCUT2D eigenvalue weighted by atomic mass is 10.0. The number of aliphatic hydroxyl groups excluding tert-OH is 1. The molecule has 2 aliphatic heterocycles. The number of benzene rings is 1. The molecule has 0 unspecified atom stereocenters. The summed E-state index contributed by atoms with van der Waals surface area (Å²) < 4.78 is 15.4. The number of halogens is 1. The number of nitrogens with zero attached hydrogens (tertiary/aromatic N) is 6. The van der Waals surface area contributed by atoms with Gasteiger partial charge in [0.15, 0.2) is 11.6 Å². The minimum Gasteiger partial charge on any atom is -0.396 e. The molecule has 156 valence electrons. The molecule has 1 aromatic carbocycles. The molecule has 4 heterocycles. The number of fused-ring (bicyclic) bond motifs is 1. The Kier molecular flexibility index (Phi) is 5.08. The molecule has 1 N–H and O–H groups in total. The van der Waals surface area contributed by atoms with E-state index in [9.17, 15) is 4.39 Å². The lowest BCUT2D eigenvalue weighted by Crippen LogP contribution is -2.44. The highest BCUT2D eigenvalue weighted by atomic mass is 19.1. The Balaban J connectivity index is 1.22. The number of piperidine rings is 1. The maximum atomic E-state index is 13.7. The van der Waals surface area contributed by atoms with E-state index in [-0.39, 0.29) is 12.4 Å². The van der Waals surface area contributed by atoms with E-state index < -0.39 is 0 Å². The molecule has 3 aromatic rings. The summed E-state index contributed by atoms with van der Waals surface area (Å²) in [6, 6.07) is 9.50. The first kappa shape index (κ1) is 19.0. The van der Waals surface area contributed by atoms with Crippen molar-refractivity contribution in [3.05, 3.63) is 59.7 Å². The van der Waals surface area contributed by atoms with Crippen molar-refractivity contribution in [1.82, 2.24) is 20.0 Å². The smallest absolute Gasteiger partial charge is 0.175 e. The van der Waals surface area contributed by atoms with Crippen LogP contribution in [-0.2, 0) is 12.8 Å². The molecule has 8 heteroatoms. The summed E-state index contributed by atoms with van der Waals surface area (Å²) in [5.74, 6) is 1.37. The number of hydrogen-bond donors (Lipinski definition) is 1. The minimum absolute atomic E-state index is 0.101. The van der Waals surface area contributed by atoms with Crippen molar-refractivity contribution >= 4 is 11.5 Å². The van der Waals surface area contributed by atoms with Crippen LogP contribution >= 0.6 is 0 Å². The van der Waals surface area contributed by atoms with Crippen molar-refractivity contribution in [2.45, 2.75) is 31.7 Å². The van der Waals surface area contributed by atoms with E-state index in [1.807, 2.05) is 24.4 Å². The fourth-order valence-corrected chi connectivity index (χ4v) is 4.52. The third-order valence-electron chi connectivity index (χ3n) is 6.12. The van der Waals surface area contributed by atoms with E-state index in [1.54, 1.807) is 23.0 Å². The largest absolute Gasteiger partial charge is 0.396 e. The van der Waals surface area contributed by atoms with Gasteiger partial charge in [0.25, 0.3) is 0 Å². The van der Waals surface area contributed by atoms with Crippen LogP contribution in [0.4, 0.5) is 15.9 Å². The van der Waals surface area contributed by atoms with Gasteiger partial charge in [-0.15, -0.1) is 10.2 Å². The van der Waals surface area contributed by atoms with E-state index in [0.29, 0.717) is 18.3 Å². The van der Waals surface area contributed by atoms with Gasteiger partial charge in [0.05, 0.1) is 6.20 Å². The summed E-state index contributed by atoms with van der Waals surface area (Å²) in [4.78, 5) is 4.64. The van der Waals surface area contributed by atoms with Gasteiger partial charge < -0.3 is 14.9 Å². The van der Waals surface area contributed by atoms with Crippen molar-refractivity contribution in [3.63, 3.8) is 0 Å². The summed E-state index contributed by atoms with van der Waals surface area (Å²) in [5, 5.41) is 22.1. The molecular formula is C22H25FN6O. The third-order valence-corrected chi connectivity index (χ3v) is 6.12. The van der Waals surface area contributed by atoms with Crippen LogP contribution in [0.5, 0.6) is 0 Å². The molecule has 0 saturated carbocycles. The molecule has 5 rings (SSSR count). The van der Waals surface area contributed by atoms with Gasteiger partial charge in [0.1, 0.15) is 5.82 Å². The first-order valence-electron chi connectivity index (χ1n) is 10.5. The van der Waals surface area contributed by atoms with Crippen molar-refractivity contribution in [2.24, 2.45) is 0 Å². The molecule has 0 amide bonds. The van der Waals surface area contributed by atoms with Crippen molar-refractivity contribution < 1.29 is 9.50 Å². The molecule has 2 aromatic heterocycles. The first-order valence-corrected chi connectivity index (χ1v) is 10.5. The zero-order valence-corrected chi connectivity index (χ0v) is 16.8. The highest BCUT2D eigenvalue weighted by Gasteiger charge is 2.30. The van der Waals surface area contributed by atoms with Crippen LogP contribution < -0.4 is 9.80 Å². The Bertz CT molecular complexity index is 1010. The fraction of sp³-hybridized carbons (Fsp3) is 0.409. The number of aromatic nitrogens is 4. The second-order valence-corrected chi connectivity index (χ2v) is 7.95. The second kappa shape index (κ2) is 8.02. The number of anilines is 2. The van der Waals surface area contributed by atoms with Gasteiger partial charge in [-0.25, -0.2) is 9.07 Å². The number of hydrogen-bond acceptors (Lipinski definition) is 6. The SMILES string of the molecule is OCCc1cnn(-c2ccc(N3CCC(N4CCc5ccc(F)cc54)CC3)nn2)c1. The average molecular weight is 408 g/mol. The lowest BCUT2D eigenvalue weighted by Gasteiger charge is -2.38. The molecule has 1 saturated heterocycles.